The molecule has 0 heterocycles. The Kier molecular flexibility index (Phi) is 6.15. The molecule has 0 saturated heterocycles. The van der Waals surface area contributed by atoms with E-state index in [1.165, 1.54) is 0 Å². The van der Waals surface area contributed by atoms with Gasteiger partial charge in [0.2, 0.25) is 0 Å². The minimum absolute atomic E-state index is 0.293. The average molecular weight is 261 g/mol. The summed E-state index contributed by atoms with van der Waals surface area (Å²) in [5.74, 6) is -3.79. The van der Waals surface area contributed by atoms with Crippen molar-refractivity contribution in [1.82, 2.24) is 5.32 Å². The Balaban J connectivity index is 2.89. The Bertz CT molecular complexity index is 353. The lowest BCUT2D eigenvalue weighted by atomic mass is 10.1. The van der Waals surface area contributed by atoms with Gasteiger partial charge in [-0.3, -0.25) is 0 Å². The van der Waals surface area contributed by atoms with Crippen LogP contribution < -0.4 is 5.32 Å². The molecule has 0 fully saturated rings. The lowest BCUT2D eigenvalue weighted by Crippen LogP contribution is -2.26. The van der Waals surface area contributed by atoms with E-state index in [0.29, 0.717) is 25.3 Å². The second-order valence-electron chi connectivity index (χ2n) is 3.96. The van der Waals surface area contributed by atoms with Crippen LogP contribution in [0.2, 0.25) is 0 Å². The first-order valence-corrected chi connectivity index (χ1v) is 6.05. The summed E-state index contributed by atoms with van der Waals surface area (Å²) in [6.45, 7) is 5.31. The average Bonchev–Trinajstić information content (AvgIpc) is 2.35. The van der Waals surface area contributed by atoms with E-state index in [1.807, 2.05) is 13.8 Å². The molecule has 0 bridgehead atoms. The Morgan fingerprint density at radius 3 is 2.28 bits per heavy atom. The summed E-state index contributed by atoms with van der Waals surface area (Å²) < 4.78 is 44.5. The molecule has 0 aliphatic carbocycles. The third-order valence-corrected chi connectivity index (χ3v) is 2.54. The van der Waals surface area contributed by atoms with Crippen molar-refractivity contribution in [3.8, 4) is 0 Å². The Morgan fingerprint density at radius 1 is 1.17 bits per heavy atom. The zero-order valence-electron chi connectivity index (χ0n) is 10.6. The van der Waals surface area contributed by atoms with Crippen LogP contribution in [0.15, 0.2) is 12.1 Å². The van der Waals surface area contributed by atoms with Crippen molar-refractivity contribution in [2.75, 3.05) is 19.8 Å². The highest BCUT2D eigenvalue weighted by molar-refractivity contribution is 5.22. The topological polar surface area (TPSA) is 21.3 Å². The third-order valence-electron chi connectivity index (χ3n) is 2.54. The molecule has 1 aromatic rings. The molecule has 0 aromatic heterocycles. The fourth-order valence-electron chi connectivity index (χ4n) is 1.60. The largest absolute Gasteiger partial charge is 0.380 e. The SMILES string of the molecule is CCCNC(COCC)c1cc(F)c(F)c(F)c1. The van der Waals surface area contributed by atoms with Crippen molar-refractivity contribution in [2.45, 2.75) is 26.3 Å². The molecule has 102 valence electrons. The van der Waals surface area contributed by atoms with Crippen LogP contribution in [0.4, 0.5) is 13.2 Å². The quantitative estimate of drug-likeness (QED) is 0.761. The number of halogens is 3. The molecule has 18 heavy (non-hydrogen) atoms. The maximum absolute atomic E-state index is 13.2. The van der Waals surface area contributed by atoms with Gasteiger partial charge >= 0.3 is 0 Å². The molecule has 0 spiro atoms. The van der Waals surface area contributed by atoms with Gasteiger partial charge in [0.1, 0.15) is 0 Å². The summed E-state index contributed by atoms with van der Waals surface area (Å²) in [5.41, 5.74) is 0.355. The second kappa shape index (κ2) is 7.38. The predicted molar refractivity (Wildman–Crippen MR) is 63.8 cm³/mol. The molecule has 0 radical (unpaired) electrons. The zero-order valence-corrected chi connectivity index (χ0v) is 10.6. The van der Waals surface area contributed by atoms with Crippen molar-refractivity contribution < 1.29 is 17.9 Å². The van der Waals surface area contributed by atoms with Crippen LogP contribution >= 0.6 is 0 Å². The molecule has 1 atom stereocenters. The molecule has 0 aliphatic heterocycles. The van der Waals surface area contributed by atoms with Gasteiger partial charge in [-0.05, 0) is 37.6 Å². The van der Waals surface area contributed by atoms with Gasteiger partial charge in [0.25, 0.3) is 0 Å². The molecule has 1 rings (SSSR count). The first-order valence-electron chi connectivity index (χ1n) is 6.05. The van der Waals surface area contributed by atoms with Gasteiger partial charge in [0, 0.05) is 6.61 Å². The molecule has 1 N–H and O–H groups in total. The molecule has 0 aliphatic rings. The molecule has 1 aromatic carbocycles. The number of hydrogen-bond donors (Lipinski definition) is 1. The van der Waals surface area contributed by atoms with E-state index in [4.69, 9.17) is 4.74 Å². The van der Waals surface area contributed by atoms with Crippen LogP contribution in [-0.2, 0) is 4.74 Å². The van der Waals surface area contributed by atoms with Gasteiger partial charge in [-0.2, -0.15) is 0 Å². The number of rotatable bonds is 7. The molecular weight excluding hydrogens is 243 g/mol. The monoisotopic (exact) mass is 261 g/mol. The highest BCUT2D eigenvalue weighted by Crippen LogP contribution is 2.19. The summed E-state index contributed by atoms with van der Waals surface area (Å²) in [5, 5.41) is 3.11. The summed E-state index contributed by atoms with van der Waals surface area (Å²) >= 11 is 0. The Hall–Kier alpha value is -1.07. The molecule has 0 saturated carbocycles. The van der Waals surface area contributed by atoms with Crippen molar-refractivity contribution in [3.63, 3.8) is 0 Å². The maximum atomic E-state index is 13.2. The van der Waals surface area contributed by atoms with Gasteiger partial charge < -0.3 is 10.1 Å². The first kappa shape index (κ1) is 15.0. The van der Waals surface area contributed by atoms with Crippen LogP contribution in [0.1, 0.15) is 31.9 Å². The van der Waals surface area contributed by atoms with E-state index in [1.54, 1.807) is 0 Å². The fraction of sp³-hybridized carbons (Fsp3) is 0.538. The second-order valence-corrected chi connectivity index (χ2v) is 3.96. The Morgan fingerprint density at radius 2 is 1.78 bits per heavy atom. The lowest BCUT2D eigenvalue weighted by molar-refractivity contribution is 0.123. The van der Waals surface area contributed by atoms with E-state index >= 15 is 0 Å². The highest BCUT2D eigenvalue weighted by atomic mass is 19.2. The van der Waals surface area contributed by atoms with E-state index in [-0.39, 0.29) is 6.04 Å². The van der Waals surface area contributed by atoms with Gasteiger partial charge in [-0.1, -0.05) is 6.92 Å². The summed E-state index contributed by atoms with van der Waals surface area (Å²) in [6.07, 6.45) is 0.884. The number of nitrogens with one attached hydrogen (secondary N) is 1. The first-order chi connectivity index (χ1) is 8.60. The highest BCUT2D eigenvalue weighted by Gasteiger charge is 2.17. The molecule has 2 nitrogen and oxygen atoms in total. The smallest absolute Gasteiger partial charge is 0.194 e. The van der Waals surface area contributed by atoms with Crippen LogP contribution in [0.5, 0.6) is 0 Å². The summed E-state index contributed by atoms with van der Waals surface area (Å²) in [6, 6.07) is 1.67. The zero-order chi connectivity index (χ0) is 13.5. The van der Waals surface area contributed by atoms with Crippen molar-refractivity contribution in [1.29, 1.82) is 0 Å². The summed E-state index contributed by atoms with van der Waals surface area (Å²) in [7, 11) is 0. The standard InChI is InChI=1S/C13H18F3NO/c1-3-5-17-12(8-18-4-2)9-6-10(14)13(16)11(15)7-9/h6-7,12,17H,3-5,8H2,1-2H3. The van der Waals surface area contributed by atoms with Crippen LogP contribution in [0, 0.1) is 17.5 Å². The lowest BCUT2D eigenvalue weighted by Gasteiger charge is -2.19. The molecular formula is C13H18F3NO. The van der Waals surface area contributed by atoms with Gasteiger partial charge in [0.05, 0.1) is 12.6 Å². The van der Waals surface area contributed by atoms with E-state index in [0.717, 1.165) is 18.6 Å². The minimum atomic E-state index is -1.44. The van der Waals surface area contributed by atoms with Crippen LogP contribution in [0.3, 0.4) is 0 Å². The third kappa shape index (κ3) is 3.99. The maximum Gasteiger partial charge on any atom is 0.194 e. The van der Waals surface area contributed by atoms with E-state index in [2.05, 4.69) is 5.32 Å². The van der Waals surface area contributed by atoms with Gasteiger partial charge in [0.15, 0.2) is 17.5 Å². The normalized spacial score (nSPS) is 12.7. The Labute approximate surface area is 105 Å². The van der Waals surface area contributed by atoms with Gasteiger partial charge in [-0.15, -0.1) is 0 Å². The molecule has 1 unspecified atom stereocenters. The minimum Gasteiger partial charge on any atom is -0.380 e. The molecule has 0 amide bonds. The van der Waals surface area contributed by atoms with E-state index in [9.17, 15) is 13.2 Å². The molecule has 5 heteroatoms. The van der Waals surface area contributed by atoms with Crippen molar-refractivity contribution in [3.05, 3.63) is 35.1 Å². The predicted octanol–water partition coefficient (Wildman–Crippen LogP) is 3.18. The van der Waals surface area contributed by atoms with Crippen molar-refractivity contribution in [2.24, 2.45) is 0 Å². The summed E-state index contributed by atoms with van der Waals surface area (Å²) in [4.78, 5) is 0. The van der Waals surface area contributed by atoms with Crippen LogP contribution in [-0.4, -0.2) is 19.8 Å². The number of benzene rings is 1. The van der Waals surface area contributed by atoms with Crippen molar-refractivity contribution >= 4 is 0 Å². The van der Waals surface area contributed by atoms with Gasteiger partial charge in [-0.25, -0.2) is 13.2 Å². The fourth-order valence-corrected chi connectivity index (χ4v) is 1.60. The van der Waals surface area contributed by atoms with Crippen LogP contribution in [0.25, 0.3) is 0 Å². The number of hydrogen-bond acceptors (Lipinski definition) is 2. The number of ether oxygens (including phenoxy) is 1. The van der Waals surface area contributed by atoms with E-state index < -0.39 is 17.5 Å².